The van der Waals surface area contributed by atoms with E-state index in [1.807, 2.05) is 0 Å². The molecule has 0 heterocycles. The fourth-order valence-corrected chi connectivity index (χ4v) is 0.899. The van der Waals surface area contributed by atoms with Gasteiger partial charge in [0.1, 0.15) is 5.78 Å². The van der Waals surface area contributed by atoms with Crippen LogP contribution in [0.4, 0.5) is 0 Å². The predicted molar refractivity (Wildman–Crippen MR) is 65.4 cm³/mol. The van der Waals surface area contributed by atoms with Gasteiger partial charge in [-0.05, 0) is 27.7 Å². The summed E-state index contributed by atoms with van der Waals surface area (Å²) in [4.78, 5) is 33.9. The van der Waals surface area contributed by atoms with Crippen molar-refractivity contribution < 1.29 is 23.9 Å². The topological polar surface area (TPSA) is 69.7 Å². The molecule has 0 N–H and O–H groups in total. The average Bonchev–Trinajstić information content (AvgIpc) is 2.35. The number of ketones is 1. The van der Waals surface area contributed by atoms with E-state index < -0.39 is 24.1 Å². The zero-order chi connectivity index (χ0) is 14.3. The summed E-state index contributed by atoms with van der Waals surface area (Å²) < 4.78 is 9.82. The number of hydrogen-bond donors (Lipinski definition) is 0. The summed E-state index contributed by atoms with van der Waals surface area (Å²) in [6, 6.07) is 0. The van der Waals surface area contributed by atoms with Crippen LogP contribution < -0.4 is 0 Å². The minimum Gasteiger partial charge on any atom is -0.421 e. The normalized spacial score (nSPS) is 14.3. The monoisotopic (exact) mass is 254 g/mol. The van der Waals surface area contributed by atoms with Crippen LogP contribution in [0, 0.1) is 5.92 Å². The quantitative estimate of drug-likeness (QED) is 0.410. The van der Waals surface area contributed by atoms with Crippen LogP contribution in [0.5, 0.6) is 0 Å². The lowest BCUT2D eigenvalue weighted by molar-refractivity contribution is -0.190. The molecule has 0 fully saturated rings. The Kier molecular flexibility index (Phi) is 6.63. The Morgan fingerprint density at radius 2 is 1.72 bits per heavy atom. The average molecular weight is 254 g/mol. The van der Waals surface area contributed by atoms with Gasteiger partial charge in [-0.1, -0.05) is 12.7 Å². The lowest BCUT2D eigenvalue weighted by Crippen LogP contribution is -2.33. The van der Waals surface area contributed by atoms with Crippen molar-refractivity contribution in [2.45, 2.75) is 34.0 Å². The van der Waals surface area contributed by atoms with E-state index in [0.717, 1.165) is 6.08 Å². The van der Waals surface area contributed by atoms with E-state index in [2.05, 4.69) is 6.58 Å². The summed E-state index contributed by atoms with van der Waals surface area (Å²) in [6.07, 6.45) is 1.26. The highest BCUT2D eigenvalue weighted by Gasteiger charge is 2.28. The van der Waals surface area contributed by atoms with Crippen LogP contribution in [-0.2, 0) is 23.9 Å². The Hall–Kier alpha value is -1.91. The van der Waals surface area contributed by atoms with Crippen LogP contribution in [0.25, 0.3) is 0 Å². The van der Waals surface area contributed by atoms with E-state index >= 15 is 0 Å². The van der Waals surface area contributed by atoms with E-state index in [1.165, 1.54) is 13.8 Å². The second-order valence-corrected chi connectivity index (χ2v) is 3.79. The van der Waals surface area contributed by atoms with Crippen molar-refractivity contribution in [3.8, 4) is 0 Å². The highest BCUT2D eigenvalue weighted by Crippen LogP contribution is 2.13. The molecule has 0 aromatic rings. The molecular weight excluding hydrogens is 236 g/mol. The standard InChI is InChI=1S/C13H18O5/c1-6-8(3)12(16)18-13(9(4)10(5)14)17-11(15)7-2/h6-7,9,13H,2H2,1,3-5H3. The number of esters is 2. The zero-order valence-electron chi connectivity index (χ0n) is 11.1. The van der Waals surface area contributed by atoms with Gasteiger partial charge >= 0.3 is 11.9 Å². The smallest absolute Gasteiger partial charge is 0.336 e. The van der Waals surface area contributed by atoms with Crippen molar-refractivity contribution in [3.63, 3.8) is 0 Å². The number of carbonyl (C=O) groups excluding carboxylic acids is 3. The molecule has 5 nitrogen and oxygen atoms in total. The van der Waals surface area contributed by atoms with Crippen LogP contribution in [0.2, 0.25) is 0 Å². The highest BCUT2D eigenvalue weighted by molar-refractivity contribution is 5.88. The maximum absolute atomic E-state index is 11.6. The van der Waals surface area contributed by atoms with Crippen LogP contribution in [0.3, 0.4) is 0 Å². The van der Waals surface area contributed by atoms with E-state index in [-0.39, 0.29) is 5.78 Å². The van der Waals surface area contributed by atoms with Crippen LogP contribution in [0.1, 0.15) is 27.7 Å². The number of rotatable bonds is 6. The molecule has 0 bridgehead atoms. The molecular formula is C13H18O5. The zero-order valence-corrected chi connectivity index (χ0v) is 11.1. The molecule has 100 valence electrons. The second kappa shape index (κ2) is 7.42. The summed E-state index contributed by atoms with van der Waals surface area (Å²) in [7, 11) is 0. The molecule has 0 saturated carbocycles. The fourth-order valence-electron chi connectivity index (χ4n) is 0.899. The molecule has 5 heteroatoms. The molecule has 0 radical (unpaired) electrons. The maximum Gasteiger partial charge on any atom is 0.336 e. The number of allylic oxidation sites excluding steroid dienone is 1. The Balaban J connectivity index is 4.87. The van der Waals surface area contributed by atoms with Gasteiger partial charge in [0.25, 0.3) is 6.29 Å². The Bertz CT molecular complexity index is 381. The van der Waals surface area contributed by atoms with Gasteiger partial charge in [0.05, 0.1) is 5.92 Å². The third-order valence-corrected chi connectivity index (χ3v) is 2.43. The summed E-state index contributed by atoms with van der Waals surface area (Å²) in [5.41, 5.74) is 0.366. The molecule has 0 spiro atoms. The Morgan fingerprint density at radius 3 is 2.11 bits per heavy atom. The van der Waals surface area contributed by atoms with Crippen molar-refractivity contribution in [2.24, 2.45) is 5.92 Å². The lowest BCUT2D eigenvalue weighted by Gasteiger charge is -2.21. The molecule has 0 saturated heterocycles. The number of carbonyl (C=O) groups is 3. The second-order valence-electron chi connectivity index (χ2n) is 3.79. The van der Waals surface area contributed by atoms with E-state index in [1.54, 1.807) is 19.9 Å². The number of ether oxygens (including phenoxy) is 2. The van der Waals surface area contributed by atoms with E-state index in [0.29, 0.717) is 5.57 Å². The van der Waals surface area contributed by atoms with Gasteiger partial charge in [-0.3, -0.25) is 4.79 Å². The minimum atomic E-state index is -1.24. The molecule has 0 aliphatic rings. The van der Waals surface area contributed by atoms with Gasteiger partial charge in [0, 0.05) is 11.6 Å². The molecule has 0 rings (SSSR count). The van der Waals surface area contributed by atoms with Gasteiger partial charge in [-0.2, -0.15) is 0 Å². The number of hydrogen-bond acceptors (Lipinski definition) is 5. The Labute approximate surface area is 106 Å². The molecule has 18 heavy (non-hydrogen) atoms. The van der Waals surface area contributed by atoms with Gasteiger partial charge in [-0.25, -0.2) is 9.59 Å². The minimum absolute atomic E-state index is 0.247. The predicted octanol–water partition coefficient (Wildman–Crippen LogP) is 1.78. The molecule has 0 aliphatic heterocycles. The van der Waals surface area contributed by atoms with Crippen molar-refractivity contribution in [2.75, 3.05) is 0 Å². The third-order valence-electron chi connectivity index (χ3n) is 2.43. The first-order chi connectivity index (χ1) is 8.33. The summed E-state index contributed by atoms with van der Waals surface area (Å²) in [5, 5.41) is 0. The fraction of sp³-hybridized carbons (Fsp3) is 0.462. The first-order valence-corrected chi connectivity index (χ1v) is 5.50. The van der Waals surface area contributed by atoms with Crippen LogP contribution in [0.15, 0.2) is 24.3 Å². The molecule has 0 amide bonds. The number of Topliss-reactive ketones (excluding diaryl/α,β-unsaturated/α-hetero) is 1. The van der Waals surface area contributed by atoms with Crippen molar-refractivity contribution >= 4 is 17.7 Å². The van der Waals surface area contributed by atoms with Crippen molar-refractivity contribution in [1.82, 2.24) is 0 Å². The molecule has 2 unspecified atom stereocenters. The summed E-state index contributed by atoms with van der Waals surface area (Å²) in [5.74, 6) is -2.36. The van der Waals surface area contributed by atoms with Crippen LogP contribution in [-0.4, -0.2) is 24.0 Å². The summed E-state index contributed by atoms with van der Waals surface area (Å²) in [6.45, 7) is 9.32. The maximum atomic E-state index is 11.6. The summed E-state index contributed by atoms with van der Waals surface area (Å²) >= 11 is 0. The van der Waals surface area contributed by atoms with E-state index in [4.69, 9.17) is 9.47 Å². The molecule has 0 aliphatic carbocycles. The highest BCUT2D eigenvalue weighted by atomic mass is 16.7. The molecule has 0 aromatic carbocycles. The van der Waals surface area contributed by atoms with Gasteiger partial charge in [-0.15, -0.1) is 0 Å². The largest absolute Gasteiger partial charge is 0.421 e. The molecule has 2 atom stereocenters. The van der Waals surface area contributed by atoms with Gasteiger partial charge in [0.2, 0.25) is 0 Å². The SMILES string of the molecule is C=CC(=O)OC(OC(=O)C(C)=CC)C(C)C(C)=O. The Morgan fingerprint density at radius 1 is 1.17 bits per heavy atom. The van der Waals surface area contributed by atoms with Crippen molar-refractivity contribution in [1.29, 1.82) is 0 Å². The van der Waals surface area contributed by atoms with Gasteiger partial charge in [0.15, 0.2) is 0 Å². The third kappa shape index (κ3) is 4.95. The van der Waals surface area contributed by atoms with Crippen LogP contribution >= 0.6 is 0 Å². The van der Waals surface area contributed by atoms with Crippen molar-refractivity contribution in [3.05, 3.63) is 24.3 Å². The molecule has 0 aromatic heterocycles. The van der Waals surface area contributed by atoms with Gasteiger partial charge < -0.3 is 9.47 Å². The first-order valence-electron chi connectivity index (χ1n) is 5.50. The van der Waals surface area contributed by atoms with E-state index in [9.17, 15) is 14.4 Å². The lowest BCUT2D eigenvalue weighted by atomic mass is 10.1. The first kappa shape index (κ1) is 16.1.